The predicted octanol–water partition coefficient (Wildman–Crippen LogP) is 2.11. The van der Waals surface area contributed by atoms with Crippen molar-refractivity contribution in [2.24, 2.45) is 4.99 Å². The van der Waals surface area contributed by atoms with Crippen molar-refractivity contribution in [1.82, 2.24) is 15.6 Å². The van der Waals surface area contributed by atoms with Gasteiger partial charge >= 0.3 is 0 Å². The average Bonchev–Trinajstić information content (AvgIpc) is 2.48. The Morgan fingerprint density at radius 3 is 3.00 bits per heavy atom. The molecular formula is C15H24N4O. The highest BCUT2D eigenvalue weighted by atomic mass is 16.5. The maximum atomic E-state index is 5.62. The first-order chi connectivity index (χ1) is 9.81. The van der Waals surface area contributed by atoms with Crippen LogP contribution in [-0.2, 0) is 6.54 Å². The smallest absolute Gasteiger partial charge is 0.218 e. The fourth-order valence-electron chi connectivity index (χ4n) is 1.55. The number of hydrogen-bond donors (Lipinski definition) is 2. The lowest BCUT2D eigenvalue weighted by Crippen LogP contribution is -2.37. The van der Waals surface area contributed by atoms with Gasteiger partial charge in [0.1, 0.15) is 0 Å². The first-order valence-corrected chi connectivity index (χ1v) is 7.01. The van der Waals surface area contributed by atoms with Crippen LogP contribution in [0.4, 0.5) is 0 Å². The molecule has 0 aliphatic carbocycles. The van der Waals surface area contributed by atoms with E-state index in [4.69, 9.17) is 4.74 Å². The molecule has 5 heteroatoms. The lowest BCUT2D eigenvalue weighted by molar-refractivity contribution is 0.302. The number of rotatable bonds is 8. The fourth-order valence-corrected chi connectivity index (χ4v) is 1.55. The van der Waals surface area contributed by atoms with Crippen LogP contribution in [0.3, 0.4) is 0 Å². The molecule has 110 valence electrons. The predicted molar refractivity (Wildman–Crippen MR) is 83.0 cm³/mol. The summed E-state index contributed by atoms with van der Waals surface area (Å²) in [6.07, 6.45) is 4.49. The second-order valence-electron chi connectivity index (χ2n) is 4.18. The third kappa shape index (κ3) is 5.73. The zero-order chi connectivity index (χ0) is 14.6. The van der Waals surface area contributed by atoms with Crippen LogP contribution in [0.25, 0.3) is 0 Å². The van der Waals surface area contributed by atoms with Crippen LogP contribution >= 0.6 is 0 Å². The summed E-state index contributed by atoms with van der Waals surface area (Å²) in [5.41, 5.74) is 0.983. The summed E-state index contributed by atoms with van der Waals surface area (Å²) in [5.74, 6) is 1.43. The molecule has 0 aliphatic heterocycles. The van der Waals surface area contributed by atoms with Gasteiger partial charge in [0, 0.05) is 24.8 Å². The molecule has 2 N–H and O–H groups in total. The SMILES string of the molecule is C=CCNC(=NCc1cccnc1OCCC)NCC. The fraction of sp³-hybridized carbons (Fsp3) is 0.467. The van der Waals surface area contributed by atoms with Crippen LogP contribution in [0.2, 0.25) is 0 Å². The second-order valence-corrected chi connectivity index (χ2v) is 4.18. The molecule has 1 rings (SSSR count). The van der Waals surface area contributed by atoms with E-state index in [1.165, 1.54) is 0 Å². The average molecular weight is 276 g/mol. The topological polar surface area (TPSA) is 58.5 Å². The van der Waals surface area contributed by atoms with Gasteiger partial charge in [-0.05, 0) is 19.4 Å². The van der Waals surface area contributed by atoms with E-state index in [0.29, 0.717) is 25.6 Å². The summed E-state index contributed by atoms with van der Waals surface area (Å²) in [6.45, 7) is 10.5. The molecule has 1 heterocycles. The van der Waals surface area contributed by atoms with Crippen LogP contribution in [0.1, 0.15) is 25.8 Å². The summed E-state index contributed by atoms with van der Waals surface area (Å²) >= 11 is 0. The Morgan fingerprint density at radius 1 is 1.45 bits per heavy atom. The van der Waals surface area contributed by atoms with Gasteiger partial charge < -0.3 is 15.4 Å². The standard InChI is InChI=1S/C15H24N4O/c1-4-9-18-15(16-6-3)19-12-13-8-7-10-17-14(13)20-11-5-2/h4,7-8,10H,1,5-6,9,11-12H2,2-3H3,(H2,16,18,19). The van der Waals surface area contributed by atoms with Gasteiger partial charge in [0.15, 0.2) is 5.96 Å². The minimum absolute atomic E-state index is 0.527. The maximum Gasteiger partial charge on any atom is 0.218 e. The first kappa shape index (κ1) is 16.0. The Bertz CT molecular complexity index is 432. The number of nitrogens with zero attached hydrogens (tertiary/aromatic N) is 2. The van der Waals surface area contributed by atoms with Crippen molar-refractivity contribution in [2.75, 3.05) is 19.7 Å². The number of nitrogens with one attached hydrogen (secondary N) is 2. The second kappa shape index (κ2) is 9.83. The molecule has 0 aromatic carbocycles. The molecule has 0 radical (unpaired) electrons. The summed E-state index contributed by atoms with van der Waals surface area (Å²) in [7, 11) is 0. The van der Waals surface area contributed by atoms with Crippen LogP contribution in [0, 0.1) is 0 Å². The van der Waals surface area contributed by atoms with Gasteiger partial charge in [-0.3, -0.25) is 0 Å². The molecule has 0 aliphatic rings. The van der Waals surface area contributed by atoms with Gasteiger partial charge in [0.05, 0.1) is 13.2 Å². The molecule has 0 atom stereocenters. The summed E-state index contributed by atoms with van der Waals surface area (Å²) < 4.78 is 5.62. The van der Waals surface area contributed by atoms with Gasteiger partial charge in [-0.1, -0.05) is 19.1 Å². The minimum Gasteiger partial charge on any atom is -0.477 e. The number of aromatic nitrogens is 1. The number of ether oxygens (including phenoxy) is 1. The van der Waals surface area contributed by atoms with E-state index in [0.717, 1.165) is 24.5 Å². The van der Waals surface area contributed by atoms with Crippen molar-refractivity contribution in [3.8, 4) is 5.88 Å². The van der Waals surface area contributed by atoms with Crippen LogP contribution in [0.5, 0.6) is 5.88 Å². The van der Waals surface area contributed by atoms with Crippen molar-refractivity contribution in [3.05, 3.63) is 36.5 Å². The van der Waals surface area contributed by atoms with E-state index in [9.17, 15) is 0 Å². The van der Waals surface area contributed by atoms with Crippen LogP contribution < -0.4 is 15.4 Å². The molecule has 0 unspecified atom stereocenters. The number of aliphatic imine (C=N–C) groups is 1. The van der Waals surface area contributed by atoms with E-state index in [1.54, 1.807) is 12.3 Å². The molecule has 0 bridgehead atoms. The molecular weight excluding hydrogens is 252 g/mol. The van der Waals surface area contributed by atoms with Gasteiger partial charge in [-0.15, -0.1) is 6.58 Å². The molecule has 1 aromatic heterocycles. The van der Waals surface area contributed by atoms with Crippen molar-refractivity contribution in [3.63, 3.8) is 0 Å². The normalized spacial score (nSPS) is 11.0. The largest absolute Gasteiger partial charge is 0.477 e. The van der Waals surface area contributed by atoms with Crippen molar-refractivity contribution >= 4 is 5.96 Å². The van der Waals surface area contributed by atoms with Gasteiger partial charge in [-0.2, -0.15) is 0 Å². The zero-order valence-corrected chi connectivity index (χ0v) is 12.4. The number of pyridine rings is 1. The molecule has 0 saturated carbocycles. The Morgan fingerprint density at radius 2 is 2.30 bits per heavy atom. The lowest BCUT2D eigenvalue weighted by atomic mass is 10.3. The Labute approximate surface area is 121 Å². The monoisotopic (exact) mass is 276 g/mol. The van der Waals surface area contributed by atoms with E-state index in [-0.39, 0.29) is 0 Å². The Balaban J connectivity index is 2.71. The van der Waals surface area contributed by atoms with Crippen molar-refractivity contribution in [2.45, 2.75) is 26.8 Å². The number of guanidine groups is 1. The lowest BCUT2D eigenvalue weighted by Gasteiger charge is -2.11. The minimum atomic E-state index is 0.527. The zero-order valence-electron chi connectivity index (χ0n) is 12.4. The molecule has 0 amide bonds. The number of hydrogen-bond acceptors (Lipinski definition) is 3. The van der Waals surface area contributed by atoms with E-state index < -0.39 is 0 Å². The summed E-state index contributed by atoms with van der Waals surface area (Å²) in [6, 6.07) is 3.88. The van der Waals surface area contributed by atoms with Crippen LogP contribution in [-0.4, -0.2) is 30.6 Å². The van der Waals surface area contributed by atoms with Crippen LogP contribution in [0.15, 0.2) is 36.0 Å². The maximum absolute atomic E-state index is 5.62. The molecule has 0 fully saturated rings. The van der Waals surface area contributed by atoms with Gasteiger partial charge in [0.25, 0.3) is 0 Å². The summed E-state index contributed by atoms with van der Waals surface area (Å²) in [4.78, 5) is 8.77. The Kier molecular flexibility index (Phi) is 7.87. The van der Waals surface area contributed by atoms with Crippen molar-refractivity contribution in [1.29, 1.82) is 0 Å². The molecule has 0 spiro atoms. The molecule has 0 saturated heterocycles. The third-order valence-electron chi connectivity index (χ3n) is 2.46. The molecule has 20 heavy (non-hydrogen) atoms. The van der Waals surface area contributed by atoms with Gasteiger partial charge in [0.2, 0.25) is 5.88 Å². The first-order valence-electron chi connectivity index (χ1n) is 7.01. The van der Waals surface area contributed by atoms with E-state index in [2.05, 4.69) is 34.1 Å². The van der Waals surface area contributed by atoms with E-state index >= 15 is 0 Å². The van der Waals surface area contributed by atoms with Crippen molar-refractivity contribution < 1.29 is 4.74 Å². The quantitative estimate of drug-likeness (QED) is 0.434. The Hall–Kier alpha value is -2.04. The van der Waals surface area contributed by atoms with Gasteiger partial charge in [-0.25, -0.2) is 9.98 Å². The molecule has 1 aromatic rings. The highest BCUT2D eigenvalue weighted by Crippen LogP contribution is 2.15. The molecule has 5 nitrogen and oxygen atoms in total. The highest BCUT2D eigenvalue weighted by molar-refractivity contribution is 5.79. The third-order valence-corrected chi connectivity index (χ3v) is 2.46. The van der Waals surface area contributed by atoms with E-state index in [1.807, 2.05) is 19.1 Å². The highest BCUT2D eigenvalue weighted by Gasteiger charge is 2.04. The summed E-state index contributed by atoms with van der Waals surface area (Å²) in [5, 5.41) is 6.34.